The molecule has 27 heavy (non-hydrogen) atoms. The number of carbonyl (C=O) groups is 1. The van der Waals surface area contributed by atoms with Gasteiger partial charge in [0.1, 0.15) is 5.25 Å². The Bertz CT molecular complexity index is 687. The van der Waals surface area contributed by atoms with E-state index in [1.807, 2.05) is 48.5 Å². The van der Waals surface area contributed by atoms with E-state index in [1.165, 1.54) is 0 Å². The molecule has 1 amide bonds. The topological polar surface area (TPSA) is 35.6 Å². The van der Waals surface area contributed by atoms with Crippen molar-refractivity contribution in [3.63, 3.8) is 0 Å². The van der Waals surface area contributed by atoms with E-state index in [0.717, 1.165) is 56.1 Å². The highest BCUT2D eigenvalue weighted by atomic mass is 32.2. The lowest BCUT2D eigenvalue weighted by molar-refractivity contribution is -0.120. The number of hydrogen-bond donors (Lipinski definition) is 1. The van der Waals surface area contributed by atoms with Crippen molar-refractivity contribution < 1.29 is 4.79 Å². The van der Waals surface area contributed by atoms with Gasteiger partial charge in [0.25, 0.3) is 0 Å². The quantitative estimate of drug-likeness (QED) is 0.561. The third-order valence-corrected chi connectivity index (χ3v) is 6.15. The summed E-state index contributed by atoms with van der Waals surface area (Å²) in [6.45, 7) is 6.30. The Morgan fingerprint density at radius 3 is 2.30 bits per heavy atom. The standard InChI is InChI=1S/C22H29N3OS/c1-24-15-17-25(18-16-24)14-8-13-23-22(26)21(19-9-4-2-5-10-19)27-20-11-6-3-7-12-20/h2-7,9-12,21H,8,13-18H2,1H3,(H,23,26). The molecule has 1 aliphatic heterocycles. The SMILES string of the molecule is CN1CCN(CCCNC(=O)C(Sc2ccccc2)c2ccccc2)CC1. The van der Waals surface area contributed by atoms with Crippen LogP contribution in [0.3, 0.4) is 0 Å². The molecule has 3 rings (SSSR count). The molecule has 1 N–H and O–H groups in total. The van der Waals surface area contributed by atoms with Crippen molar-refractivity contribution in [1.82, 2.24) is 15.1 Å². The first-order chi connectivity index (χ1) is 13.2. The fourth-order valence-corrected chi connectivity index (χ4v) is 4.28. The van der Waals surface area contributed by atoms with Crippen LogP contribution in [0, 0.1) is 0 Å². The maximum atomic E-state index is 12.9. The number of rotatable bonds is 8. The van der Waals surface area contributed by atoms with Crippen LogP contribution >= 0.6 is 11.8 Å². The van der Waals surface area contributed by atoms with Crippen LogP contribution in [0.1, 0.15) is 17.2 Å². The van der Waals surface area contributed by atoms with Crippen molar-refractivity contribution in [2.24, 2.45) is 0 Å². The van der Waals surface area contributed by atoms with Crippen LogP contribution in [0.15, 0.2) is 65.6 Å². The fraction of sp³-hybridized carbons (Fsp3) is 0.409. The molecule has 0 spiro atoms. The van der Waals surface area contributed by atoms with Gasteiger partial charge in [0.15, 0.2) is 0 Å². The first-order valence-corrected chi connectivity index (χ1v) is 10.6. The van der Waals surface area contributed by atoms with Gasteiger partial charge in [-0.05, 0) is 37.7 Å². The van der Waals surface area contributed by atoms with Gasteiger partial charge in [-0.15, -0.1) is 11.8 Å². The maximum Gasteiger partial charge on any atom is 0.237 e. The van der Waals surface area contributed by atoms with Gasteiger partial charge in [0.05, 0.1) is 0 Å². The lowest BCUT2D eigenvalue weighted by Crippen LogP contribution is -2.45. The number of hydrogen-bond acceptors (Lipinski definition) is 4. The summed E-state index contributed by atoms with van der Waals surface area (Å²) in [5, 5.41) is 2.93. The van der Waals surface area contributed by atoms with Crippen LogP contribution in [0.2, 0.25) is 0 Å². The van der Waals surface area contributed by atoms with Gasteiger partial charge < -0.3 is 15.1 Å². The van der Waals surface area contributed by atoms with Crippen molar-refractivity contribution in [3.8, 4) is 0 Å². The monoisotopic (exact) mass is 383 g/mol. The Labute approximate surface area is 166 Å². The molecule has 0 saturated carbocycles. The van der Waals surface area contributed by atoms with Gasteiger partial charge >= 0.3 is 0 Å². The van der Waals surface area contributed by atoms with Gasteiger partial charge in [0.2, 0.25) is 5.91 Å². The molecular formula is C22H29N3OS. The first kappa shape index (κ1) is 19.9. The Morgan fingerprint density at radius 1 is 1.00 bits per heavy atom. The fourth-order valence-electron chi connectivity index (χ4n) is 3.21. The molecule has 1 unspecified atom stereocenters. The van der Waals surface area contributed by atoms with Crippen LogP contribution in [0.5, 0.6) is 0 Å². The lowest BCUT2D eigenvalue weighted by Gasteiger charge is -2.32. The number of carbonyl (C=O) groups excluding carboxylic acids is 1. The van der Waals surface area contributed by atoms with Crippen molar-refractivity contribution in [3.05, 3.63) is 66.2 Å². The van der Waals surface area contributed by atoms with E-state index in [9.17, 15) is 4.79 Å². The summed E-state index contributed by atoms with van der Waals surface area (Å²) in [7, 11) is 2.17. The molecule has 144 valence electrons. The Kier molecular flexibility index (Phi) is 7.75. The molecule has 0 aliphatic carbocycles. The first-order valence-electron chi connectivity index (χ1n) is 9.67. The summed E-state index contributed by atoms with van der Waals surface area (Å²) in [6, 6.07) is 20.2. The largest absolute Gasteiger partial charge is 0.355 e. The third-order valence-electron chi connectivity index (χ3n) is 4.88. The number of nitrogens with one attached hydrogen (secondary N) is 1. The van der Waals surface area contributed by atoms with Crippen molar-refractivity contribution in [2.75, 3.05) is 46.3 Å². The second kappa shape index (κ2) is 10.5. The number of nitrogens with zero attached hydrogens (tertiary/aromatic N) is 2. The minimum absolute atomic E-state index is 0.0911. The average Bonchev–Trinajstić information content (AvgIpc) is 2.72. The molecule has 4 nitrogen and oxygen atoms in total. The number of piperazine rings is 1. The highest BCUT2D eigenvalue weighted by Crippen LogP contribution is 2.35. The molecule has 2 aromatic rings. The summed E-state index contributed by atoms with van der Waals surface area (Å²) in [5.74, 6) is 0.0911. The zero-order valence-corrected chi connectivity index (χ0v) is 16.8. The summed E-state index contributed by atoms with van der Waals surface area (Å²) in [6.07, 6.45) is 0.993. The second-order valence-corrected chi connectivity index (χ2v) is 8.19. The number of likely N-dealkylation sites (N-methyl/N-ethyl adjacent to an activating group) is 1. The van der Waals surface area contributed by atoms with Crippen LogP contribution in [0.25, 0.3) is 0 Å². The molecular weight excluding hydrogens is 354 g/mol. The highest BCUT2D eigenvalue weighted by molar-refractivity contribution is 8.00. The smallest absolute Gasteiger partial charge is 0.237 e. The lowest BCUT2D eigenvalue weighted by atomic mass is 10.1. The van der Waals surface area contributed by atoms with E-state index in [0.29, 0.717) is 0 Å². The minimum atomic E-state index is -0.225. The van der Waals surface area contributed by atoms with E-state index < -0.39 is 0 Å². The number of thioether (sulfide) groups is 1. The molecule has 1 atom stereocenters. The summed E-state index contributed by atoms with van der Waals surface area (Å²) < 4.78 is 0. The van der Waals surface area contributed by atoms with E-state index in [1.54, 1.807) is 11.8 Å². The van der Waals surface area contributed by atoms with Gasteiger partial charge in [-0.3, -0.25) is 4.79 Å². The van der Waals surface area contributed by atoms with Crippen LogP contribution in [-0.2, 0) is 4.79 Å². The van der Waals surface area contributed by atoms with Crippen LogP contribution < -0.4 is 5.32 Å². The van der Waals surface area contributed by atoms with Crippen LogP contribution in [0.4, 0.5) is 0 Å². The van der Waals surface area contributed by atoms with Crippen molar-refractivity contribution >= 4 is 17.7 Å². The number of benzene rings is 2. The normalized spacial score (nSPS) is 16.8. The summed E-state index contributed by atoms with van der Waals surface area (Å²) in [5.41, 5.74) is 1.04. The van der Waals surface area contributed by atoms with E-state index in [-0.39, 0.29) is 11.2 Å². The predicted molar refractivity (Wildman–Crippen MR) is 113 cm³/mol. The molecule has 5 heteroatoms. The maximum absolute atomic E-state index is 12.9. The van der Waals surface area contributed by atoms with Gasteiger partial charge in [-0.1, -0.05) is 48.5 Å². The van der Waals surface area contributed by atoms with E-state index in [4.69, 9.17) is 0 Å². The molecule has 2 aromatic carbocycles. The molecule has 1 saturated heterocycles. The molecule has 1 heterocycles. The Balaban J connectivity index is 1.52. The van der Waals surface area contributed by atoms with Crippen molar-refractivity contribution in [2.45, 2.75) is 16.6 Å². The molecule has 0 radical (unpaired) electrons. The summed E-state index contributed by atoms with van der Waals surface area (Å²) >= 11 is 1.61. The highest BCUT2D eigenvalue weighted by Gasteiger charge is 2.21. The van der Waals surface area contributed by atoms with E-state index in [2.05, 4.69) is 34.3 Å². The molecule has 0 bridgehead atoms. The van der Waals surface area contributed by atoms with Crippen molar-refractivity contribution in [1.29, 1.82) is 0 Å². The second-order valence-electron chi connectivity index (χ2n) is 7.01. The predicted octanol–water partition coefficient (Wildman–Crippen LogP) is 3.27. The van der Waals surface area contributed by atoms with E-state index >= 15 is 0 Å². The van der Waals surface area contributed by atoms with Crippen LogP contribution in [-0.4, -0.2) is 62.0 Å². The minimum Gasteiger partial charge on any atom is -0.355 e. The molecule has 0 aromatic heterocycles. The Morgan fingerprint density at radius 2 is 1.63 bits per heavy atom. The molecule has 1 aliphatic rings. The number of amides is 1. The van der Waals surface area contributed by atoms with Gasteiger partial charge in [-0.25, -0.2) is 0 Å². The third kappa shape index (κ3) is 6.38. The summed E-state index contributed by atoms with van der Waals surface area (Å²) in [4.78, 5) is 18.9. The zero-order chi connectivity index (χ0) is 18.9. The zero-order valence-electron chi connectivity index (χ0n) is 16.0. The molecule has 1 fully saturated rings. The van der Waals surface area contributed by atoms with Gasteiger partial charge in [0, 0.05) is 37.6 Å². The Hall–Kier alpha value is -1.82. The van der Waals surface area contributed by atoms with Gasteiger partial charge in [-0.2, -0.15) is 0 Å². The average molecular weight is 384 g/mol.